The molecule has 2 amide bonds. The highest BCUT2D eigenvalue weighted by Crippen LogP contribution is 2.20. The van der Waals surface area contributed by atoms with Crippen LogP contribution in [0.25, 0.3) is 0 Å². The van der Waals surface area contributed by atoms with Gasteiger partial charge in [-0.1, -0.05) is 6.07 Å². The SMILES string of the molecule is O=C(Nc1c(F)cccc1F)N(Cc1ccco1)CC1CCCO1. The average molecular weight is 336 g/mol. The van der Waals surface area contributed by atoms with E-state index in [0.717, 1.165) is 25.0 Å². The zero-order valence-electron chi connectivity index (χ0n) is 13.0. The van der Waals surface area contributed by atoms with Crippen molar-refractivity contribution in [1.29, 1.82) is 0 Å². The fraction of sp³-hybridized carbons (Fsp3) is 0.353. The number of hydrogen-bond acceptors (Lipinski definition) is 3. The zero-order chi connectivity index (χ0) is 16.9. The third-order valence-electron chi connectivity index (χ3n) is 3.86. The molecule has 1 atom stereocenters. The molecule has 2 aromatic rings. The Hall–Kier alpha value is -2.41. The summed E-state index contributed by atoms with van der Waals surface area (Å²) in [6.07, 6.45) is 3.20. The highest BCUT2D eigenvalue weighted by Gasteiger charge is 2.24. The van der Waals surface area contributed by atoms with Gasteiger partial charge in [0.25, 0.3) is 0 Å². The molecule has 0 spiro atoms. The van der Waals surface area contributed by atoms with Gasteiger partial charge in [-0.2, -0.15) is 0 Å². The molecule has 3 rings (SSSR count). The van der Waals surface area contributed by atoms with E-state index in [2.05, 4.69) is 5.32 Å². The normalized spacial score (nSPS) is 17.0. The number of benzene rings is 1. The van der Waals surface area contributed by atoms with E-state index in [4.69, 9.17) is 9.15 Å². The lowest BCUT2D eigenvalue weighted by Crippen LogP contribution is -2.39. The standard InChI is InChI=1S/C17H18F2N2O3/c18-14-6-1-7-15(19)16(14)20-17(22)21(10-12-4-2-8-23-12)11-13-5-3-9-24-13/h1-2,4,6-8,13H,3,5,9-11H2,(H,20,22). The molecule has 0 bridgehead atoms. The summed E-state index contributed by atoms with van der Waals surface area (Å²) < 4.78 is 38.3. The van der Waals surface area contributed by atoms with E-state index in [1.165, 1.54) is 17.2 Å². The van der Waals surface area contributed by atoms with Crippen LogP contribution in [0.1, 0.15) is 18.6 Å². The van der Waals surface area contributed by atoms with Crippen molar-refractivity contribution >= 4 is 11.7 Å². The number of furan rings is 1. The van der Waals surface area contributed by atoms with Gasteiger partial charge >= 0.3 is 6.03 Å². The molecule has 1 aromatic heterocycles. The van der Waals surface area contributed by atoms with Crippen LogP contribution in [0.5, 0.6) is 0 Å². The van der Waals surface area contributed by atoms with E-state index >= 15 is 0 Å². The number of amides is 2. The largest absolute Gasteiger partial charge is 0.467 e. The number of anilines is 1. The second-order valence-electron chi connectivity index (χ2n) is 5.62. The number of para-hydroxylation sites is 1. The molecule has 0 aliphatic carbocycles. The predicted octanol–water partition coefficient (Wildman–Crippen LogP) is 3.77. The number of rotatable bonds is 5. The predicted molar refractivity (Wildman–Crippen MR) is 83.5 cm³/mol. The Morgan fingerprint density at radius 3 is 2.67 bits per heavy atom. The molecule has 1 fully saturated rings. The maximum absolute atomic E-state index is 13.7. The molecule has 7 heteroatoms. The van der Waals surface area contributed by atoms with Crippen molar-refractivity contribution in [3.05, 3.63) is 54.0 Å². The van der Waals surface area contributed by atoms with E-state index in [-0.39, 0.29) is 12.6 Å². The van der Waals surface area contributed by atoms with E-state index in [0.29, 0.717) is 18.9 Å². The number of ether oxygens (including phenoxy) is 1. The Kier molecular flexibility index (Phi) is 5.10. The van der Waals surface area contributed by atoms with E-state index in [9.17, 15) is 13.6 Å². The Morgan fingerprint density at radius 1 is 1.25 bits per heavy atom. The Labute approximate surface area is 138 Å². The van der Waals surface area contributed by atoms with Crippen molar-refractivity contribution in [3.63, 3.8) is 0 Å². The van der Waals surface area contributed by atoms with Gasteiger partial charge in [0.2, 0.25) is 0 Å². The van der Waals surface area contributed by atoms with Crippen LogP contribution in [0.4, 0.5) is 19.3 Å². The van der Waals surface area contributed by atoms with Gasteiger partial charge in [0.15, 0.2) is 0 Å². The van der Waals surface area contributed by atoms with Crippen molar-refractivity contribution in [2.75, 3.05) is 18.5 Å². The molecular weight excluding hydrogens is 318 g/mol. The van der Waals surface area contributed by atoms with Crippen molar-refractivity contribution in [2.45, 2.75) is 25.5 Å². The van der Waals surface area contributed by atoms with Crippen molar-refractivity contribution < 1.29 is 22.7 Å². The topological polar surface area (TPSA) is 54.7 Å². The summed E-state index contributed by atoms with van der Waals surface area (Å²) in [4.78, 5) is 13.9. The third-order valence-corrected chi connectivity index (χ3v) is 3.86. The van der Waals surface area contributed by atoms with E-state index < -0.39 is 23.4 Å². The van der Waals surface area contributed by atoms with E-state index in [1.807, 2.05) is 0 Å². The molecule has 5 nitrogen and oxygen atoms in total. The molecule has 1 aliphatic rings. The summed E-state index contributed by atoms with van der Waals surface area (Å²) in [5.74, 6) is -1.06. The zero-order valence-corrected chi connectivity index (χ0v) is 13.0. The monoisotopic (exact) mass is 336 g/mol. The second kappa shape index (κ2) is 7.44. The van der Waals surface area contributed by atoms with Gasteiger partial charge in [0.05, 0.1) is 18.9 Å². The van der Waals surface area contributed by atoms with Gasteiger partial charge in [-0.15, -0.1) is 0 Å². The summed E-state index contributed by atoms with van der Waals surface area (Å²) in [5.41, 5.74) is -0.459. The first kappa shape index (κ1) is 16.4. The van der Waals surface area contributed by atoms with Crippen molar-refractivity contribution in [1.82, 2.24) is 4.90 Å². The first-order valence-corrected chi connectivity index (χ1v) is 7.77. The van der Waals surface area contributed by atoms with Crippen LogP contribution in [-0.4, -0.2) is 30.2 Å². The molecular formula is C17H18F2N2O3. The minimum absolute atomic E-state index is 0.0869. The van der Waals surface area contributed by atoms with Gasteiger partial charge < -0.3 is 19.4 Å². The first-order chi connectivity index (χ1) is 11.6. The number of nitrogens with one attached hydrogen (secondary N) is 1. The van der Waals surface area contributed by atoms with Crippen LogP contribution < -0.4 is 5.32 Å². The summed E-state index contributed by atoms with van der Waals surface area (Å²) in [6.45, 7) is 1.17. The lowest BCUT2D eigenvalue weighted by Gasteiger charge is -2.25. The molecule has 1 saturated heterocycles. The molecule has 1 aliphatic heterocycles. The number of hydrogen-bond donors (Lipinski definition) is 1. The van der Waals surface area contributed by atoms with Crippen LogP contribution in [0.3, 0.4) is 0 Å². The van der Waals surface area contributed by atoms with E-state index in [1.54, 1.807) is 12.1 Å². The molecule has 0 radical (unpaired) electrons. The number of nitrogens with zero attached hydrogens (tertiary/aromatic N) is 1. The summed E-state index contributed by atoms with van der Waals surface area (Å²) in [5, 5.41) is 2.30. The van der Waals surface area contributed by atoms with Crippen LogP contribution in [0.2, 0.25) is 0 Å². The first-order valence-electron chi connectivity index (χ1n) is 7.77. The molecule has 128 valence electrons. The number of carbonyl (C=O) groups is 1. The van der Waals surface area contributed by atoms with Crippen LogP contribution in [0.15, 0.2) is 41.0 Å². The van der Waals surface area contributed by atoms with Gasteiger partial charge in [-0.3, -0.25) is 0 Å². The number of urea groups is 1. The highest BCUT2D eigenvalue weighted by molar-refractivity contribution is 5.89. The number of carbonyl (C=O) groups excluding carboxylic acids is 1. The highest BCUT2D eigenvalue weighted by atomic mass is 19.1. The summed E-state index contributed by atoms with van der Waals surface area (Å²) >= 11 is 0. The average Bonchev–Trinajstić information content (AvgIpc) is 3.24. The quantitative estimate of drug-likeness (QED) is 0.904. The second-order valence-corrected chi connectivity index (χ2v) is 5.62. The molecule has 1 unspecified atom stereocenters. The minimum atomic E-state index is -0.821. The summed E-state index contributed by atoms with van der Waals surface area (Å²) in [7, 11) is 0. The van der Waals surface area contributed by atoms with Gasteiger partial charge in [-0.25, -0.2) is 13.6 Å². The molecule has 2 heterocycles. The van der Waals surface area contributed by atoms with Gasteiger partial charge in [0, 0.05) is 13.2 Å². The smallest absolute Gasteiger partial charge is 0.322 e. The van der Waals surface area contributed by atoms with Gasteiger partial charge in [-0.05, 0) is 37.1 Å². The fourth-order valence-corrected chi connectivity index (χ4v) is 2.65. The Balaban J connectivity index is 1.74. The molecule has 24 heavy (non-hydrogen) atoms. The Bertz CT molecular complexity index is 665. The molecule has 1 N–H and O–H groups in total. The van der Waals surface area contributed by atoms with Crippen molar-refractivity contribution in [3.8, 4) is 0 Å². The minimum Gasteiger partial charge on any atom is -0.467 e. The van der Waals surface area contributed by atoms with Crippen LogP contribution in [-0.2, 0) is 11.3 Å². The lowest BCUT2D eigenvalue weighted by molar-refractivity contribution is 0.0802. The van der Waals surface area contributed by atoms with Crippen molar-refractivity contribution in [2.24, 2.45) is 0 Å². The van der Waals surface area contributed by atoms with Gasteiger partial charge in [0.1, 0.15) is 23.1 Å². The maximum atomic E-state index is 13.7. The van der Waals surface area contributed by atoms with Crippen LogP contribution >= 0.6 is 0 Å². The van der Waals surface area contributed by atoms with Crippen LogP contribution in [0, 0.1) is 11.6 Å². The third kappa shape index (κ3) is 3.91. The lowest BCUT2D eigenvalue weighted by atomic mass is 10.2. The summed E-state index contributed by atoms with van der Waals surface area (Å²) in [6, 6.07) is 6.28. The number of halogens is 2. The molecule has 1 aromatic carbocycles. The Morgan fingerprint density at radius 2 is 2.04 bits per heavy atom. The molecule has 0 saturated carbocycles. The maximum Gasteiger partial charge on any atom is 0.322 e. The fourth-order valence-electron chi connectivity index (χ4n) is 2.65.